The molecule has 15 heavy (non-hydrogen) atoms. The van der Waals surface area contributed by atoms with Crippen LogP contribution >= 0.6 is 0 Å². The minimum absolute atomic E-state index is 0.125. The number of ketones is 1. The second-order valence-corrected chi connectivity index (χ2v) is 3.75. The first-order chi connectivity index (χ1) is 7.11. The Morgan fingerprint density at radius 1 is 1.13 bits per heavy atom. The van der Waals surface area contributed by atoms with Gasteiger partial charge in [-0.15, -0.1) is 0 Å². The topological polar surface area (TPSA) is 17.1 Å². The van der Waals surface area contributed by atoms with E-state index in [4.69, 9.17) is 0 Å². The number of rotatable bonds is 6. The van der Waals surface area contributed by atoms with Crippen LogP contribution in [0.5, 0.6) is 0 Å². The van der Waals surface area contributed by atoms with Gasteiger partial charge in [-0.25, -0.2) is 0 Å². The van der Waals surface area contributed by atoms with Crippen LogP contribution in [0.2, 0.25) is 0 Å². The summed E-state index contributed by atoms with van der Waals surface area (Å²) < 4.78 is 0. The maximum Gasteiger partial charge on any atom is 0.159 e. The molecule has 0 atom stereocenters. The van der Waals surface area contributed by atoms with E-state index in [9.17, 15) is 4.79 Å². The van der Waals surface area contributed by atoms with Crippen molar-refractivity contribution in [2.45, 2.75) is 47.0 Å². The minimum Gasteiger partial charge on any atom is -0.295 e. The van der Waals surface area contributed by atoms with Gasteiger partial charge in [0.25, 0.3) is 0 Å². The van der Waals surface area contributed by atoms with E-state index in [1.165, 1.54) is 5.57 Å². The molecule has 0 fully saturated rings. The van der Waals surface area contributed by atoms with Crippen molar-refractivity contribution in [3.63, 3.8) is 0 Å². The number of carbonyl (C=O) groups is 1. The number of carbonyl (C=O) groups excluding carboxylic acids is 1. The molecule has 0 aromatic rings. The van der Waals surface area contributed by atoms with E-state index in [0.29, 0.717) is 0 Å². The molecule has 1 heteroatoms. The summed E-state index contributed by atoms with van der Waals surface area (Å²) in [6.45, 7) is 7.92. The van der Waals surface area contributed by atoms with E-state index in [-0.39, 0.29) is 5.78 Å². The third kappa shape index (κ3) is 6.89. The normalized spacial score (nSPS) is 13.6. The third-order valence-electron chi connectivity index (χ3n) is 2.13. The Hall–Kier alpha value is -1.11. The average Bonchev–Trinajstić information content (AvgIpc) is 2.17. The summed E-state index contributed by atoms with van der Waals surface area (Å²) in [6.07, 6.45) is 11.1. The smallest absolute Gasteiger partial charge is 0.159 e. The zero-order valence-corrected chi connectivity index (χ0v) is 10.3. The van der Waals surface area contributed by atoms with Gasteiger partial charge in [-0.2, -0.15) is 0 Å². The van der Waals surface area contributed by atoms with Crippen LogP contribution < -0.4 is 0 Å². The van der Waals surface area contributed by atoms with Crippen LogP contribution in [-0.2, 0) is 4.79 Å². The molecule has 0 unspecified atom stereocenters. The Bertz CT molecular complexity index is 280. The lowest BCUT2D eigenvalue weighted by Crippen LogP contribution is -1.92. The van der Waals surface area contributed by atoms with Gasteiger partial charge in [-0.3, -0.25) is 4.79 Å². The number of hydrogen-bond acceptors (Lipinski definition) is 1. The number of hydrogen-bond donors (Lipinski definition) is 0. The monoisotopic (exact) mass is 206 g/mol. The molecule has 0 rings (SSSR count). The van der Waals surface area contributed by atoms with Gasteiger partial charge in [0.1, 0.15) is 0 Å². The molecule has 0 aromatic heterocycles. The van der Waals surface area contributed by atoms with Crippen LogP contribution in [0.15, 0.2) is 35.5 Å². The van der Waals surface area contributed by atoms with E-state index >= 15 is 0 Å². The second-order valence-electron chi connectivity index (χ2n) is 3.75. The highest BCUT2D eigenvalue weighted by atomic mass is 16.1. The van der Waals surface area contributed by atoms with Crippen LogP contribution in [0.1, 0.15) is 47.0 Å². The molecule has 0 aliphatic rings. The van der Waals surface area contributed by atoms with E-state index in [1.54, 1.807) is 6.92 Å². The van der Waals surface area contributed by atoms with Gasteiger partial charge in [-0.05, 0) is 26.7 Å². The van der Waals surface area contributed by atoms with Crippen molar-refractivity contribution in [2.24, 2.45) is 0 Å². The largest absolute Gasteiger partial charge is 0.295 e. The highest BCUT2D eigenvalue weighted by Gasteiger charge is 1.96. The van der Waals surface area contributed by atoms with E-state index < -0.39 is 0 Å². The van der Waals surface area contributed by atoms with E-state index in [0.717, 1.165) is 24.8 Å². The second kappa shape index (κ2) is 8.22. The summed E-state index contributed by atoms with van der Waals surface area (Å²) in [7, 11) is 0. The predicted octanol–water partition coefficient (Wildman–Crippen LogP) is 4.21. The lowest BCUT2D eigenvalue weighted by atomic mass is 10.1. The minimum atomic E-state index is 0.125. The first-order valence-electron chi connectivity index (χ1n) is 5.66. The quantitative estimate of drug-likeness (QED) is 0.470. The zero-order valence-electron chi connectivity index (χ0n) is 10.3. The Morgan fingerprint density at radius 2 is 1.80 bits per heavy atom. The third-order valence-corrected chi connectivity index (χ3v) is 2.13. The molecule has 0 N–H and O–H groups in total. The summed E-state index contributed by atoms with van der Waals surface area (Å²) in [5.74, 6) is 0.125. The fraction of sp³-hybridized carbons (Fsp3) is 0.500. The maximum absolute atomic E-state index is 11.3. The predicted molar refractivity (Wildman–Crippen MR) is 66.9 cm³/mol. The van der Waals surface area contributed by atoms with Crippen LogP contribution in [-0.4, -0.2) is 5.78 Å². The zero-order chi connectivity index (χ0) is 11.7. The molecular formula is C14H22O. The first-order valence-corrected chi connectivity index (χ1v) is 5.66. The van der Waals surface area contributed by atoms with Crippen molar-refractivity contribution in [1.29, 1.82) is 0 Å². The fourth-order valence-electron chi connectivity index (χ4n) is 1.24. The first kappa shape index (κ1) is 13.9. The van der Waals surface area contributed by atoms with Crippen molar-refractivity contribution < 1.29 is 4.79 Å². The molecule has 0 heterocycles. The van der Waals surface area contributed by atoms with Crippen molar-refractivity contribution in [3.05, 3.63) is 35.5 Å². The van der Waals surface area contributed by atoms with Crippen molar-refractivity contribution in [1.82, 2.24) is 0 Å². The lowest BCUT2D eigenvalue weighted by molar-refractivity contribution is -0.113. The number of Topliss-reactive ketones (excluding diaryl/α,β-unsaturated/α-hetero) is 1. The molecule has 0 aromatic carbocycles. The Kier molecular flexibility index (Phi) is 7.61. The summed E-state index contributed by atoms with van der Waals surface area (Å²) in [4.78, 5) is 11.3. The highest BCUT2D eigenvalue weighted by molar-refractivity contribution is 5.96. The summed E-state index contributed by atoms with van der Waals surface area (Å²) in [5.41, 5.74) is 2.11. The van der Waals surface area contributed by atoms with Crippen LogP contribution in [0, 0.1) is 0 Å². The van der Waals surface area contributed by atoms with Gasteiger partial charge in [-0.1, -0.05) is 50.1 Å². The van der Waals surface area contributed by atoms with Gasteiger partial charge in [0.05, 0.1) is 0 Å². The molecule has 0 amide bonds. The molecule has 1 nitrogen and oxygen atoms in total. The molecule has 0 saturated heterocycles. The Labute approximate surface area is 93.6 Å². The fourth-order valence-corrected chi connectivity index (χ4v) is 1.24. The van der Waals surface area contributed by atoms with Gasteiger partial charge in [0, 0.05) is 5.57 Å². The molecule has 84 valence electrons. The molecule has 0 aliphatic carbocycles. The summed E-state index contributed by atoms with van der Waals surface area (Å²) in [5, 5.41) is 0. The van der Waals surface area contributed by atoms with Gasteiger partial charge < -0.3 is 0 Å². The van der Waals surface area contributed by atoms with Crippen molar-refractivity contribution in [3.8, 4) is 0 Å². The standard InChI is InChI=1S/C14H22O/c1-5-7-9-14(13(4)15)11-10-12(3)8-6-2/h7,9-11H,5-6,8H2,1-4H3/b9-7+,12-10+,14-11+. The van der Waals surface area contributed by atoms with Crippen molar-refractivity contribution >= 4 is 5.78 Å². The van der Waals surface area contributed by atoms with E-state index in [2.05, 4.69) is 20.8 Å². The molecule has 0 aliphatic heterocycles. The Balaban J connectivity index is 4.62. The molecule has 0 saturated carbocycles. The van der Waals surface area contributed by atoms with Crippen LogP contribution in [0.4, 0.5) is 0 Å². The van der Waals surface area contributed by atoms with E-state index in [1.807, 2.05) is 24.3 Å². The highest BCUT2D eigenvalue weighted by Crippen LogP contribution is 2.06. The average molecular weight is 206 g/mol. The summed E-state index contributed by atoms with van der Waals surface area (Å²) >= 11 is 0. The molecule has 0 radical (unpaired) electrons. The molecule has 0 bridgehead atoms. The van der Waals surface area contributed by atoms with Crippen LogP contribution in [0.25, 0.3) is 0 Å². The lowest BCUT2D eigenvalue weighted by Gasteiger charge is -1.97. The Morgan fingerprint density at radius 3 is 2.27 bits per heavy atom. The summed E-state index contributed by atoms with van der Waals surface area (Å²) in [6, 6.07) is 0. The van der Waals surface area contributed by atoms with Gasteiger partial charge >= 0.3 is 0 Å². The molecule has 0 spiro atoms. The van der Waals surface area contributed by atoms with Crippen molar-refractivity contribution in [2.75, 3.05) is 0 Å². The van der Waals surface area contributed by atoms with Gasteiger partial charge in [0.15, 0.2) is 5.78 Å². The van der Waals surface area contributed by atoms with Gasteiger partial charge in [0.2, 0.25) is 0 Å². The number of allylic oxidation sites excluding steroid dienone is 6. The molecular weight excluding hydrogens is 184 g/mol. The SMILES string of the molecule is CC/C=C/C(=C\C=C(/C)CCC)C(C)=O. The maximum atomic E-state index is 11.3. The van der Waals surface area contributed by atoms with Crippen LogP contribution in [0.3, 0.4) is 0 Å².